The summed E-state index contributed by atoms with van der Waals surface area (Å²) in [5, 5.41) is 15.1. The minimum Gasteiger partial charge on any atom is -0.478 e. The van der Waals surface area contributed by atoms with Crippen molar-refractivity contribution < 1.29 is 14.7 Å². The number of benzene rings is 3. The van der Waals surface area contributed by atoms with Crippen LogP contribution in [0.15, 0.2) is 78.9 Å². The maximum Gasteiger partial charge on any atom is 0.335 e. The quantitative estimate of drug-likeness (QED) is 0.648. The molecule has 0 atom stereocenters. The lowest BCUT2D eigenvalue weighted by Gasteiger charge is -2.13. The molecule has 124 valence electrons. The van der Waals surface area contributed by atoms with Gasteiger partial charge in [-0.15, -0.1) is 0 Å². The molecule has 0 aromatic heterocycles. The summed E-state index contributed by atoms with van der Waals surface area (Å²) in [7, 11) is 0. The fourth-order valence-corrected chi connectivity index (χ4v) is 2.37. The fourth-order valence-electron chi connectivity index (χ4n) is 2.37. The Bertz CT molecular complexity index is 893. The fraction of sp³-hybridized carbons (Fsp3) is 0. The van der Waals surface area contributed by atoms with Gasteiger partial charge in [0.1, 0.15) is 0 Å². The highest BCUT2D eigenvalue weighted by atomic mass is 16.4. The van der Waals surface area contributed by atoms with E-state index in [0.29, 0.717) is 11.4 Å². The summed E-state index contributed by atoms with van der Waals surface area (Å²) in [5.41, 5.74) is 2.28. The second-order valence-electron chi connectivity index (χ2n) is 5.38. The van der Waals surface area contributed by atoms with Crippen LogP contribution in [0, 0.1) is 0 Å². The van der Waals surface area contributed by atoms with E-state index in [1.54, 1.807) is 18.2 Å². The van der Waals surface area contributed by atoms with Gasteiger partial charge in [0.25, 0.3) is 5.91 Å². The largest absolute Gasteiger partial charge is 0.478 e. The second kappa shape index (κ2) is 7.31. The Labute approximate surface area is 144 Å². The number of aromatic carboxylic acids is 1. The molecular weight excluding hydrogens is 316 g/mol. The first-order valence-corrected chi connectivity index (χ1v) is 7.69. The topological polar surface area (TPSA) is 78.4 Å². The van der Waals surface area contributed by atoms with Gasteiger partial charge in [-0.25, -0.2) is 4.79 Å². The van der Waals surface area contributed by atoms with Crippen LogP contribution >= 0.6 is 0 Å². The number of carboxylic acid groups (broad SMARTS) is 1. The Kier molecular flexibility index (Phi) is 4.76. The minimum atomic E-state index is -1.08. The highest BCUT2D eigenvalue weighted by Gasteiger charge is 2.15. The molecule has 0 heterocycles. The van der Waals surface area contributed by atoms with Gasteiger partial charge in [-0.1, -0.05) is 36.4 Å². The van der Waals surface area contributed by atoms with Crippen LogP contribution in [-0.2, 0) is 0 Å². The first kappa shape index (κ1) is 16.3. The van der Waals surface area contributed by atoms with E-state index < -0.39 is 5.97 Å². The summed E-state index contributed by atoms with van der Waals surface area (Å²) < 4.78 is 0. The number of carbonyl (C=O) groups is 2. The average Bonchev–Trinajstić information content (AvgIpc) is 2.63. The van der Waals surface area contributed by atoms with Crippen LogP contribution in [0.3, 0.4) is 0 Å². The number of nitrogens with one attached hydrogen (secondary N) is 2. The molecule has 0 fully saturated rings. The van der Waals surface area contributed by atoms with Crippen molar-refractivity contribution in [2.24, 2.45) is 0 Å². The SMILES string of the molecule is O=C(O)c1ccc(Nc2ccccc2)c(C(=O)Nc2ccccc2)c1. The normalized spacial score (nSPS) is 10.1. The Morgan fingerprint density at radius 2 is 1.36 bits per heavy atom. The molecular formula is C20H16N2O3. The van der Waals surface area contributed by atoms with Gasteiger partial charge in [0, 0.05) is 11.4 Å². The highest BCUT2D eigenvalue weighted by molar-refractivity contribution is 6.09. The van der Waals surface area contributed by atoms with Crippen molar-refractivity contribution in [3.8, 4) is 0 Å². The zero-order valence-corrected chi connectivity index (χ0v) is 13.3. The number of anilines is 3. The number of hydrogen-bond donors (Lipinski definition) is 3. The van der Waals surface area contributed by atoms with E-state index in [1.165, 1.54) is 12.1 Å². The number of hydrogen-bond acceptors (Lipinski definition) is 3. The molecule has 0 aliphatic carbocycles. The van der Waals surface area contributed by atoms with Crippen molar-refractivity contribution in [3.05, 3.63) is 90.0 Å². The third kappa shape index (κ3) is 4.03. The molecule has 3 aromatic carbocycles. The van der Waals surface area contributed by atoms with E-state index in [-0.39, 0.29) is 17.0 Å². The predicted octanol–water partition coefficient (Wildman–Crippen LogP) is 4.38. The Balaban J connectivity index is 1.94. The molecule has 0 aliphatic rings. The van der Waals surface area contributed by atoms with Crippen LogP contribution in [0.2, 0.25) is 0 Å². The molecule has 3 aromatic rings. The van der Waals surface area contributed by atoms with Gasteiger partial charge in [-0.2, -0.15) is 0 Å². The predicted molar refractivity (Wildman–Crippen MR) is 97.5 cm³/mol. The molecule has 0 spiro atoms. The third-order valence-electron chi connectivity index (χ3n) is 3.60. The monoisotopic (exact) mass is 332 g/mol. The minimum absolute atomic E-state index is 0.0526. The Morgan fingerprint density at radius 1 is 0.760 bits per heavy atom. The molecule has 3 N–H and O–H groups in total. The molecule has 0 saturated heterocycles. The van der Waals surface area contributed by atoms with E-state index in [1.807, 2.05) is 48.5 Å². The van der Waals surface area contributed by atoms with Crippen molar-refractivity contribution in [2.75, 3.05) is 10.6 Å². The summed E-state index contributed by atoms with van der Waals surface area (Å²) in [6.07, 6.45) is 0. The molecule has 0 radical (unpaired) electrons. The number of para-hydroxylation sites is 2. The molecule has 5 heteroatoms. The summed E-state index contributed by atoms with van der Waals surface area (Å²) in [6.45, 7) is 0. The molecule has 0 bridgehead atoms. The zero-order valence-electron chi connectivity index (χ0n) is 13.3. The van der Waals surface area contributed by atoms with Gasteiger partial charge >= 0.3 is 5.97 Å². The molecule has 25 heavy (non-hydrogen) atoms. The van der Waals surface area contributed by atoms with Gasteiger partial charge in [0.05, 0.1) is 16.8 Å². The van der Waals surface area contributed by atoms with Gasteiger partial charge in [0.2, 0.25) is 0 Å². The van der Waals surface area contributed by atoms with E-state index >= 15 is 0 Å². The summed E-state index contributed by atoms with van der Waals surface area (Å²) in [6, 6.07) is 22.8. The van der Waals surface area contributed by atoms with Gasteiger partial charge < -0.3 is 15.7 Å². The van der Waals surface area contributed by atoms with Crippen LogP contribution in [0.1, 0.15) is 20.7 Å². The molecule has 0 saturated carbocycles. The number of carboxylic acids is 1. The standard InChI is InChI=1S/C20H16N2O3/c23-19(22-16-9-5-2-6-10-16)17-13-14(20(24)25)11-12-18(17)21-15-7-3-1-4-8-15/h1-13,21H,(H,22,23)(H,24,25). The maximum atomic E-state index is 12.7. The van der Waals surface area contributed by atoms with Gasteiger partial charge in [-0.05, 0) is 42.5 Å². The second-order valence-corrected chi connectivity index (χ2v) is 5.38. The van der Waals surface area contributed by atoms with E-state index in [2.05, 4.69) is 10.6 Å². The van der Waals surface area contributed by atoms with Crippen LogP contribution in [-0.4, -0.2) is 17.0 Å². The smallest absolute Gasteiger partial charge is 0.335 e. The van der Waals surface area contributed by atoms with Crippen molar-refractivity contribution >= 4 is 28.9 Å². The number of rotatable bonds is 5. The third-order valence-corrected chi connectivity index (χ3v) is 3.60. The van der Waals surface area contributed by atoms with Crippen molar-refractivity contribution in [1.82, 2.24) is 0 Å². The maximum absolute atomic E-state index is 12.7. The van der Waals surface area contributed by atoms with Crippen molar-refractivity contribution in [3.63, 3.8) is 0 Å². The first-order chi connectivity index (χ1) is 12.1. The van der Waals surface area contributed by atoms with Crippen LogP contribution in [0.4, 0.5) is 17.1 Å². The summed E-state index contributed by atoms with van der Waals surface area (Å²) in [4.78, 5) is 23.9. The summed E-state index contributed by atoms with van der Waals surface area (Å²) in [5.74, 6) is -1.47. The molecule has 0 aliphatic heterocycles. The zero-order chi connectivity index (χ0) is 17.6. The molecule has 5 nitrogen and oxygen atoms in total. The lowest BCUT2D eigenvalue weighted by molar-refractivity contribution is 0.0697. The lowest BCUT2D eigenvalue weighted by Crippen LogP contribution is -2.15. The molecule has 0 unspecified atom stereocenters. The van der Waals surface area contributed by atoms with Crippen molar-refractivity contribution in [1.29, 1.82) is 0 Å². The average molecular weight is 332 g/mol. The van der Waals surface area contributed by atoms with Gasteiger partial charge in [0.15, 0.2) is 0 Å². The Hall–Kier alpha value is -3.60. The van der Waals surface area contributed by atoms with Crippen LogP contribution in [0.5, 0.6) is 0 Å². The first-order valence-electron chi connectivity index (χ1n) is 7.69. The number of amides is 1. The molecule has 3 rings (SSSR count). The number of carbonyl (C=O) groups excluding carboxylic acids is 1. The lowest BCUT2D eigenvalue weighted by atomic mass is 10.1. The summed E-state index contributed by atoms with van der Waals surface area (Å²) >= 11 is 0. The van der Waals surface area contributed by atoms with E-state index in [4.69, 9.17) is 0 Å². The van der Waals surface area contributed by atoms with Gasteiger partial charge in [-0.3, -0.25) is 4.79 Å². The van der Waals surface area contributed by atoms with E-state index in [9.17, 15) is 14.7 Å². The van der Waals surface area contributed by atoms with Crippen molar-refractivity contribution in [2.45, 2.75) is 0 Å². The Morgan fingerprint density at radius 3 is 1.96 bits per heavy atom. The highest BCUT2D eigenvalue weighted by Crippen LogP contribution is 2.23. The van der Waals surface area contributed by atoms with Crippen LogP contribution < -0.4 is 10.6 Å². The van der Waals surface area contributed by atoms with E-state index in [0.717, 1.165) is 5.69 Å². The molecule has 1 amide bonds. The van der Waals surface area contributed by atoms with Crippen LogP contribution in [0.25, 0.3) is 0 Å².